The third-order valence-electron chi connectivity index (χ3n) is 2.60. The molecule has 16 heavy (non-hydrogen) atoms. The Bertz CT molecular complexity index is 463. The molecule has 1 aliphatic heterocycles. The molecule has 3 heteroatoms. The third-order valence-corrected chi connectivity index (χ3v) is 3.66. The van der Waals surface area contributed by atoms with Crippen LogP contribution in [0.3, 0.4) is 0 Å². The van der Waals surface area contributed by atoms with Gasteiger partial charge >= 0.3 is 0 Å². The molecule has 0 radical (unpaired) electrons. The predicted molar refractivity (Wildman–Crippen MR) is 73.6 cm³/mol. The van der Waals surface area contributed by atoms with Gasteiger partial charge in [0.1, 0.15) is 0 Å². The summed E-state index contributed by atoms with van der Waals surface area (Å²) in [7, 11) is 0. The maximum Gasteiger partial charge on any atom is 0.0676 e. The molecule has 0 unspecified atom stereocenters. The lowest BCUT2D eigenvalue weighted by atomic mass is 10.1. The molecule has 1 nitrogen and oxygen atoms in total. The van der Waals surface area contributed by atoms with E-state index in [0.717, 1.165) is 29.1 Å². The molecular weight excluding hydrogens is 238 g/mol. The number of benzene rings is 1. The molecular formula is C13H14ClNS. The second kappa shape index (κ2) is 5.07. The van der Waals surface area contributed by atoms with Gasteiger partial charge in [-0.2, -0.15) is 0 Å². The fraction of sp³-hybridized carbons (Fsp3) is 0.308. The standard InChI is InChI=1S/C13H14ClNS/c1-9-4-3-5-13(15-9)11-8-10(16-2)6-7-12(11)14/h5-8H,3-4H2,1-2H3. The summed E-state index contributed by atoms with van der Waals surface area (Å²) in [5.74, 6) is 0. The normalized spacial score (nSPS) is 15.7. The Hall–Kier alpha value is -0.730. The molecule has 0 aromatic heterocycles. The van der Waals surface area contributed by atoms with Crippen LogP contribution in [0.2, 0.25) is 5.02 Å². The fourth-order valence-corrected chi connectivity index (χ4v) is 2.38. The first-order valence-corrected chi connectivity index (χ1v) is 6.89. The van der Waals surface area contributed by atoms with Crippen LogP contribution in [-0.4, -0.2) is 12.0 Å². The van der Waals surface area contributed by atoms with Gasteiger partial charge in [-0.15, -0.1) is 11.8 Å². The Balaban J connectivity index is 2.43. The van der Waals surface area contributed by atoms with Crippen molar-refractivity contribution >= 4 is 34.8 Å². The number of hydrogen-bond donors (Lipinski definition) is 0. The first kappa shape index (κ1) is 11.7. The number of allylic oxidation sites excluding steroid dienone is 1. The van der Waals surface area contributed by atoms with Crippen LogP contribution in [0.25, 0.3) is 5.70 Å². The van der Waals surface area contributed by atoms with Crippen LogP contribution in [0.4, 0.5) is 0 Å². The molecule has 1 aliphatic rings. The lowest BCUT2D eigenvalue weighted by Crippen LogP contribution is -1.98. The first-order valence-electron chi connectivity index (χ1n) is 5.29. The maximum absolute atomic E-state index is 6.21. The van der Waals surface area contributed by atoms with Crippen molar-refractivity contribution in [1.29, 1.82) is 0 Å². The summed E-state index contributed by atoms with van der Waals surface area (Å²) in [6.45, 7) is 2.07. The van der Waals surface area contributed by atoms with E-state index in [0.29, 0.717) is 0 Å². The lowest BCUT2D eigenvalue weighted by Gasteiger charge is -2.12. The van der Waals surface area contributed by atoms with Gasteiger partial charge in [-0.1, -0.05) is 17.7 Å². The highest BCUT2D eigenvalue weighted by atomic mass is 35.5. The van der Waals surface area contributed by atoms with Gasteiger partial charge in [0.25, 0.3) is 0 Å². The zero-order valence-electron chi connectivity index (χ0n) is 9.46. The first-order chi connectivity index (χ1) is 7.70. The molecule has 2 rings (SSSR count). The number of hydrogen-bond acceptors (Lipinski definition) is 2. The molecule has 0 bridgehead atoms. The average Bonchev–Trinajstić information content (AvgIpc) is 2.30. The Labute approximate surface area is 106 Å². The van der Waals surface area contributed by atoms with E-state index >= 15 is 0 Å². The molecule has 0 amide bonds. The molecule has 84 valence electrons. The average molecular weight is 252 g/mol. The topological polar surface area (TPSA) is 12.4 Å². The van der Waals surface area contributed by atoms with E-state index in [2.05, 4.69) is 30.3 Å². The molecule has 0 atom stereocenters. The summed E-state index contributed by atoms with van der Waals surface area (Å²) in [4.78, 5) is 5.79. The summed E-state index contributed by atoms with van der Waals surface area (Å²) in [5.41, 5.74) is 3.25. The number of rotatable bonds is 2. The summed E-state index contributed by atoms with van der Waals surface area (Å²) in [6.07, 6.45) is 6.35. The molecule has 0 N–H and O–H groups in total. The predicted octanol–water partition coefficient (Wildman–Crippen LogP) is 4.66. The van der Waals surface area contributed by atoms with Crippen LogP contribution >= 0.6 is 23.4 Å². The molecule has 1 aromatic rings. The Morgan fingerprint density at radius 3 is 2.88 bits per heavy atom. The van der Waals surface area contributed by atoms with Crippen LogP contribution in [0.15, 0.2) is 34.2 Å². The minimum Gasteiger partial charge on any atom is -0.258 e. The summed E-state index contributed by atoms with van der Waals surface area (Å²) < 4.78 is 0. The molecule has 0 fully saturated rings. The molecule has 1 aromatic carbocycles. The van der Waals surface area contributed by atoms with Crippen LogP contribution in [0.1, 0.15) is 25.3 Å². The van der Waals surface area contributed by atoms with Gasteiger partial charge in [0.15, 0.2) is 0 Å². The zero-order chi connectivity index (χ0) is 11.5. The van der Waals surface area contributed by atoms with Crippen molar-refractivity contribution in [2.45, 2.75) is 24.7 Å². The van der Waals surface area contributed by atoms with Crippen LogP contribution in [0, 0.1) is 0 Å². The lowest BCUT2D eigenvalue weighted by molar-refractivity contribution is 1.06. The van der Waals surface area contributed by atoms with E-state index in [1.165, 1.54) is 10.6 Å². The second-order valence-corrected chi connectivity index (χ2v) is 5.11. The van der Waals surface area contributed by atoms with E-state index in [4.69, 9.17) is 11.6 Å². The Kier molecular flexibility index (Phi) is 3.72. The van der Waals surface area contributed by atoms with E-state index in [1.54, 1.807) is 11.8 Å². The number of thioether (sulfide) groups is 1. The van der Waals surface area contributed by atoms with Crippen molar-refractivity contribution < 1.29 is 0 Å². The summed E-state index contributed by atoms with van der Waals surface area (Å²) in [5, 5.41) is 0.780. The van der Waals surface area contributed by atoms with Crippen molar-refractivity contribution in [1.82, 2.24) is 0 Å². The van der Waals surface area contributed by atoms with Gasteiger partial charge in [0.2, 0.25) is 0 Å². The SMILES string of the molecule is CSc1ccc(Cl)c(C2=CCCC(C)=N2)c1. The largest absolute Gasteiger partial charge is 0.258 e. The minimum atomic E-state index is 0.780. The van der Waals surface area contributed by atoms with E-state index in [-0.39, 0.29) is 0 Å². The van der Waals surface area contributed by atoms with Gasteiger partial charge in [-0.3, -0.25) is 4.99 Å². The van der Waals surface area contributed by atoms with Crippen molar-refractivity contribution in [2.75, 3.05) is 6.26 Å². The van der Waals surface area contributed by atoms with Crippen LogP contribution < -0.4 is 0 Å². The highest BCUT2D eigenvalue weighted by Crippen LogP contribution is 2.31. The third kappa shape index (κ3) is 2.50. The molecule has 0 saturated heterocycles. The Morgan fingerprint density at radius 2 is 2.19 bits per heavy atom. The van der Waals surface area contributed by atoms with Crippen molar-refractivity contribution in [3.05, 3.63) is 34.9 Å². The zero-order valence-corrected chi connectivity index (χ0v) is 11.0. The smallest absolute Gasteiger partial charge is 0.0676 e. The van der Waals surface area contributed by atoms with E-state index < -0.39 is 0 Å². The number of aliphatic imine (C=N–C) groups is 1. The van der Waals surface area contributed by atoms with Gasteiger partial charge in [0.05, 0.1) is 10.7 Å². The summed E-state index contributed by atoms with van der Waals surface area (Å²) in [6, 6.07) is 6.10. The molecule has 0 spiro atoms. The van der Waals surface area contributed by atoms with Crippen molar-refractivity contribution in [2.24, 2.45) is 4.99 Å². The second-order valence-electron chi connectivity index (χ2n) is 3.82. The number of halogens is 1. The highest BCUT2D eigenvalue weighted by molar-refractivity contribution is 7.98. The van der Waals surface area contributed by atoms with E-state index in [1.807, 2.05) is 12.1 Å². The fourth-order valence-electron chi connectivity index (χ4n) is 1.72. The quantitative estimate of drug-likeness (QED) is 0.697. The molecule has 1 heterocycles. The van der Waals surface area contributed by atoms with Crippen LogP contribution in [-0.2, 0) is 0 Å². The molecule has 0 aliphatic carbocycles. The van der Waals surface area contributed by atoms with E-state index in [9.17, 15) is 0 Å². The van der Waals surface area contributed by atoms with Crippen molar-refractivity contribution in [3.8, 4) is 0 Å². The van der Waals surface area contributed by atoms with Gasteiger partial charge < -0.3 is 0 Å². The van der Waals surface area contributed by atoms with Gasteiger partial charge in [0, 0.05) is 16.2 Å². The van der Waals surface area contributed by atoms with Crippen molar-refractivity contribution in [3.63, 3.8) is 0 Å². The number of nitrogens with zero attached hydrogens (tertiary/aromatic N) is 1. The minimum absolute atomic E-state index is 0.780. The Morgan fingerprint density at radius 1 is 1.38 bits per heavy atom. The monoisotopic (exact) mass is 251 g/mol. The maximum atomic E-state index is 6.21. The highest BCUT2D eigenvalue weighted by Gasteiger charge is 2.10. The van der Waals surface area contributed by atoms with Gasteiger partial charge in [-0.05, 0) is 44.2 Å². The summed E-state index contributed by atoms with van der Waals surface area (Å²) >= 11 is 7.94. The van der Waals surface area contributed by atoms with Gasteiger partial charge in [-0.25, -0.2) is 0 Å². The van der Waals surface area contributed by atoms with Crippen LogP contribution in [0.5, 0.6) is 0 Å². The molecule has 0 saturated carbocycles.